The zero-order valence-corrected chi connectivity index (χ0v) is 23.6. The summed E-state index contributed by atoms with van der Waals surface area (Å²) in [6, 6.07) is 12.4. The number of carbonyl (C=O) groups is 2. The molecule has 2 aromatic carbocycles. The molecule has 33 heavy (non-hydrogen) atoms. The van der Waals surface area contributed by atoms with E-state index < -0.39 is 16.6 Å². The third-order valence-corrected chi connectivity index (χ3v) is 16.0. The van der Waals surface area contributed by atoms with Gasteiger partial charge >= 0.3 is 0 Å². The van der Waals surface area contributed by atoms with Crippen molar-refractivity contribution in [2.45, 2.75) is 77.8 Å². The lowest BCUT2D eigenvalue weighted by Gasteiger charge is -2.38. The molecule has 0 saturated carbocycles. The lowest BCUT2D eigenvalue weighted by atomic mass is 10.1. The van der Waals surface area contributed by atoms with Crippen LogP contribution in [0.25, 0.3) is 0 Å². The number of fused-ring (bicyclic) bond motifs is 1. The summed E-state index contributed by atoms with van der Waals surface area (Å²) in [5.41, 5.74) is 1.32. The Morgan fingerprint density at radius 3 is 1.36 bits per heavy atom. The van der Waals surface area contributed by atoms with Crippen molar-refractivity contribution >= 4 is 34.1 Å². The van der Waals surface area contributed by atoms with Crippen LogP contribution in [0.5, 0.6) is 11.5 Å². The van der Waals surface area contributed by atoms with Gasteiger partial charge in [0.1, 0.15) is 11.5 Å². The van der Waals surface area contributed by atoms with Crippen LogP contribution in [0.2, 0.25) is 36.3 Å². The molecule has 178 valence electrons. The number of amides is 2. The zero-order valence-electron chi connectivity index (χ0n) is 21.6. The predicted molar refractivity (Wildman–Crippen MR) is 140 cm³/mol. The van der Waals surface area contributed by atoms with Gasteiger partial charge in [0.2, 0.25) is 16.6 Å². The third-order valence-electron chi connectivity index (χ3n) is 7.28. The van der Waals surface area contributed by atoms with Gasteiger partial charge in [-0.15, -0.1) is 0 Å². The van der Waals surface area contributed by atoms with E-state index in [9.17, 15) is 9.59 Å². The van der Waals surface area contributed by atoms with Crippen LogP contribution in [-0.2, 0) is 0 Å². The van der Waals surface area contributed by atoms with Crippen molar-refractivity contribution in [1.82, 2.24) is 0 Å². The minimum atomic E-state index is -2.16. The maximum absolute atomic E-state index is 13.2. The summed E-state index contributed by atoms with van der Waals surface area (Å²) in [7, 11) is -4.31. The van der Waals surface area contributed by atoms with Crippen LogP contribution in [0.15, 0.2) is 42.5 Å². The number of imide groups is 1. The molecule has 7 heteroatoms. The number of hydrogen-bond acceptors (Lipinski definition) is 4. The molecule has 1 heterocycles. The molecule has 0 spiro atoms. The number of carbonyl (C=O) groups excluding carboxylic acids is 2. The van der Waals surface area contributed by atoms with Crippen LogP contribution < -0.4 is 13.8 Å². The van der Waals surface area contributed by atoms with Crippen molar-refractivity contribution in [3.05, 3.63) is 53.6 Å². The SMILES string of the molecule is CC(C)(C)[Si](C)(C)Oc1cc(O[Si](C)(C)C(C)(C)C)cc(N2C(=O)c3ccccc3C2=O)c1. The van der Waals surface area contributed by atoms with Gasteiger partial charge in [-0.1, -0.05) is 53.7 Å². The van der Waals surface area contributed by atoms with Crippen molar-refractivity contribution in [2.75, 3.05) is 4.90 Å². The van der Waals surface area contributed by atoms with Gasteiger partial charge in [-0.05, 0) is 48.4 Å². The monoisotopic (exact) mass is 483 g/mol. The molecule has 2 amide bonds. The second kappa shape index (κ2) is 8.13. The van der Waals surface area contributed by atoms with E-state index in [4.69, 9.17) is 8.85 Å². The summed E-state index contributed by atoms with van der Waals surface area (Å²) < 4.78 is 13.2. The molecule has 0 aromatic heterocycles. The molecule has 0 aliphatic carbocycles. The zero-order chi connectivity index (χ0) is 25.0. The smallest absolute Gasteiger partial charge is 0.266 e. The van der Waals surface area contributed by atoms with Gasteiger partial charge in [0.15, 0.2) is 0 Å². The summed E-state index contributed by atoms with van der Waals surface area (Å²) in [4.78, 5) is 27.6. The van der Waals surface area contributed by atoms with Gasteiger partial charge in [0.05, 0.1) is 16.8 Å². The van der Waals surface area contributed by atoms with Gasteiger partial charge in [0.25, 0.3) is 11.8 Å². The number of hydrogen-bond donors (Lipinski definition) is 0. The highest BCUT2D eigenvalue weighted by molar-refractivity contribution is 6.75. The highest BCUT2D eigenvalue weighted by Crippen LogP contribution is 2.42. The molecule has 0 radical (unpaired) electrons. The standard InChI is InChI=1S/C26H37NO4Si2/c1-25(2,3)32(7,8)30-19-15-18(16-20(17-19)31-33(9,10)26(4,5)6)27-23(28)21-13-11-12-14-22(21)24(27)29/h11-17H,1-10H3. The topological polar surface area (TPSA) is 55.8 Å². The van der Waals surface area contributed by atoms with E-state index in [1.165, 1.54) is 4.90 Å². The molecular formula is C26H37NO4Si2. The average molecular weight is 484 g/mol. The Hall–Kier alpha value is -2.39. The predicted octanol–water partition coefficient (Wildman–Crippen LogP) is 7.26. The summed E-state index contributed by atoms with van der Waals surface area (Å²) >= 11 is 0. The summed E-state index contributed by atoms with van der Waals surface area (Å²) in [6.07, 6.45) is 0. The van der Waals surface area contributed by atoms with Crippen LogP contribution in [0.4, 0.5) is 5.69 Å². The largest absolute Gasteiger partial charge is 0.543 e. The molecule has 0 unspecified atom stereocenters. The quantitative estimate of drug-likeness (QED) is 0.332. The van der Waals surface area contributed by atoms with E-state index in [0.717, 1.165) is 0 Å². The van der Waals surface area contributed by atoms with Gasteiger partial charge in [0, 0.05) is 18.2 Å². The minimum absolute atomic E-state index is 0.00102. The van der Waals surface area contributed by atoms with Gasteiger partial charge < -0.3 is 8.85 Å². The minimum Gasteiger partial charge on any atom is -0.543 e. The molecule has 0 bridgehead atoms. The Labute approximate surface area is 200 Å². The van der Waals surface area contributed by atoms with E-state index in [2.05, 4.69) is 67.7 Å². The fraction of sp³-hybridized carbons (Fsp3) is 0.462. The first-order valence-electron chi connectivity index (χ1n) is 11.5. The molecule has 2 aromatic rings. The van der Waals surface area contributed by atoms with Gasteiger partial charge in [-0.2, -0.15) is 0 Å². The first-order valence-corrected chi connectivity index (χ1v) is 17.3. The van der Waals surface area contributed by atoms with E-state index >= 15 is 0 Å². The maximum Gasteiger partial charge on any atom is 0.266 e. The number of anilines is 1. The van der Waals surface area contributed by atoms with E-state index in [-0.39, 0.29) is 21.9 Å². The summed E-state index contributed by atoms with van der Waals surface area (Å²) in [5, 5.41) is -0.00203. The van der Waals surface area contributed by atoms with Crippen molar-refractivity contribution < 1.29 is 18.4 Å². The maximum atomic E-state index is 13.2. The normalized spacial score (nSPS) is 15.0. The third kappa shape index (κ3) is 4.80. The van der Waals surface area contributed by atoms with Crippen LogP contribution >= 0.6 is 0 Å². The second-order valence-electron chi connectivity index (χ2n) is 11.9. The number of rotatable bonds is 5. The average Bonchev–Trinajstić information content (AvgIpc) is 2.90. The Morgan fingerprint density at radius 1 is 0.667 bits per heavy atom. The molecule has 3 rings (SSSR count). The van der Waals surface area contributed by atoms with E-state index in [1.54, 1.807) is 36.4 Å². The van der Waals surface area contributed by atoms with E-state index in [1.807, 2.05) is 6.07 Å². The Morgan fingerprint density at radius 2 is 1.03 bits per heavy atom. The molecule has 1 aliphatic rings. The highest BCUT2D eigenvalue weighted by Gasteiger charge is 2.42. The van der Waals surface area contributed by atoms with Gasteiger partial charge in [-0.3, -0.25) is 9.59 Å². The van der Waals surface area contributed by atoms with Crippen LogP contribution in [-0.4, -0.2) is 28.4 Å². The Kier molecular flexibility index (Phi) is 6.22. The Balaban J connectivity index is 2.10. The van der Waals surface area contributed by atoms with Crippen molar-refractivity contribution in [3.8, 4) is 11.5 Å². The lowest BCUT2D eigenvalue weighted by molar-refractivity contribution is 0.0926. The van der Waals surface area contributed by atoms with Crippen molar-refractivity contribution in [3.63, 3.8) is 0 Å². The second-order valence-corrected chi connectivity index (χ2v) is 21.3. The van der Waals surface area contributed by atoms with Crippen molar-refractivity contribution in [2.24, 2.45) is 0 Å². The highest BCUT2D eigenvalue weighted by atomic mass is 28.4. The summed E-state index contributed by atoms with van der Waals surface area (Å²) in [5.74, 6) is 0.616. The fourth-order valence-electron chi connectivity index (χ4n) is 3.12. The molecule has 0 fully saturated rings. The molecule has 5 nitrogen and oxygen atoms in total. The number of benzene rings is 2. The van der Waals surface area contributed by atoms with Crippen LogP contribution in [0.3, 0.4) is 0 Å². The molecule has 1 aliphatic heterocycles. The lowest BCUT2D eigenvalue weighted by Crippen LogP contribution is -2.44. The molecular weight excluding hydrogens is 446 g/mol. The van der Waals surface area contributed by atoms with Crippen LogP contribution in [0.1, 0.15) is 62.3 Å². The Bertz CT molecular complexity index is 1010. The van der Waals surface area contributed by atoms with E-state index in [0.29, 0.717) is 28.3 Å². The van der Waals surface area contributed by atoms with Gasteiger partial charge in [-0.25, -0.2) is 4.90 Å². The van der Waals surface area contributed by atoms with Crippen molar-refractivity contribution in [1.29, 1.82) is 0 Å². The molecule has 0 N–H and O–H groups in total. The molecule has 0 atom stereocenters. The first-order chi connectivity index (χ1) is 14.9. The fourth-order valence-corrected chi connectivity index (χ4v) is 5.15. The summed E-state index contributed by atoms with van der Waals surface area (Å²) in [6.45, 7) is 21.8. The van der Waals surface area contributed by atoms with Crippen LogP contribution in [0, 0.1) is 0 Å². The molecule has 0 saturated heterocycles. The first kappa shape index (κ1) is 25.2. The number of nitrogens with zero attached hydrogens (tertiary/aromatic N) is 1.